The molecule has 0 saturated heterocycles. The van der Waals surface area contributed by atoms with Crippen LogP contribution in [0.5, 0.6) is 0 Å². The molecule has 0 unspecified atom stereocenters. The van der Waals surface area contributed by atoms with Crippen molar-refractivity contribution in [3.05, 3.63) is 11.4 Å². The summed E-state index contributed by atoms with van der Waals surface area (Å²) < 4.78 is 1.32. The van der Waals surface area contributed by atoms with Crippen molar-refractivity contribution >= 4 is 5.97 Å². The van der Waals surface area contributed by atoms with Crippen molar-refractivity contribution in [3.63, 3.8) is 0 Å². The van der Waals surface area contributed by atoms with E-state index in [0.29, 0.717) is 11.6 Å². The molecule has 0 amide bonds. The molecule has 5 heteroatoms. The lowest BCUT2D eigenvalue weighted by Crippen LogP contribution is -2.07. The average molecular weight is 167 g/mol. The summed E-state index contributed by atoms with van der Waals surface area (Å²) in [7, 11) is 1.60. The van der Waals surface area contributed by atoms with Gasteiger partial charge in [-0.05, 0) is 12.8 Å². The summed E-state index contributed by atoms with van der Waals surface area (Å²) in [6, 6.07) is 0. The van der Waals surface area contributed by atoms with Crippen LogP contribution in [0.25, 0.3) is 0 Å². The second-order valence-corrected chi connectivity index (χ2v) is 3.03. The largest absolute Gasteiger partial charge is 0.476 e. The van der Waals surface area contributed by atoms with Gasteiger partial charge in [0.05, 0.1) is 0 Å². The van der Waals surface area contributed by atoms with Gasteiger partial charge in [-0.15, -0.1) is 5.10 Å². The van der Waals surface area contributed by atoms with Gasteiger partial charge >= 0.3 is 5.97 Å². The molecule has 0 bridgehead atoms. The van der Waals surface area contributed by atoms with Gasteiger partial charge in [0.25, 0.3) is 0 Å². The van der Waals surface area contributed by atoms with Gasteiger partial charge in [-0.25, -0.2) is 9.48 Å². The SMILES string of the molecule is Cn1nnc(C2CC2)c1C(=O)O. The topological polar surface area (TPSA) is 68.0 Å². The van der Waals surface area contributed by atoms with Crippen LogP contribution in [0.2, 0.25) is 0 Å². The molecule has 12 heavy (non-hydrogen) atoms. The highest BCUT2D eigenvalue weighted by Gasteiger charge is 2.32. The van der Waals surface area contributed by atoms with Gasteiger partial charge < -0.3 is 5.11 Å². The molecule has 1 aliphatic rings. The zero-order valence-corrected chi connectivity index (χ0v) is 6.69. The van der Waals surface area contributed by atoms with E-state index < -0.39 is 5.97 Å². The highest BCUT2D eigenvalue weighted by atomic mass is 16.4. The molecular formula is C7H9N3O2. The molecule has 1 N–H and O–H groups in total. The predicted molar refractivity (Wildman–Crippen MR) is 39.9 cm³/mol. The summed E-state index contributed by atoms with van der Waals surface area (Å²) in [6.07, 6.45) is 2.08. The molecule has 2 rings (SSSR count). The number of nitrogens with zero attached hydrogens (tertiary/aromatic N) is 3. The fourth-order valence-corrected chi connectivity index (χ4v) is 1.25. The molecule has 1 aromatic rings. The number of hydrogen-bond donors (Lipinski definition) is 1. The third-order valence-electron chi connectivity index (χ3n) is 2.02. The minimum atomic E-state index is -0.940. The fourth-order valence-electron chi connectivity index (χ4n) is 1.25. The van der Waals surface area contributed by atoms with Crippen molar-refractivity contribution in [2.75, 3.05) is 0 Å². The first-order chi connectivity index (χ1) is 5.70. The maximum Gasteiger partial charge on any atom is 0.356 e. The molecule has 1 aromatic heterocycles. The zero-order chi connectivity index (χ0) is 8.72. The number of rotatable bonds is 2. The number of aryl methyl sites for hydroxylation is 1. The normalized spacial score (nSPS) is 16.4. The summed E-state index contributed by atoms with van der Waals surface area (Å²) in [5, 5.41) is 16.3. The van der Waals surface area contributed by atoms with Gasteiger partial charge in [0.2, 0.25) is 0 Å². The van der Waals surface area contributed by atoms with E-state index in [9.17, 15) is 4.79 Å². The van der Waals surface area contributed by atoms with Crippen LogP contribution in [0.3, 0.4) is 0 Å². The Morgan fingerprint density at radius 3 is 2.83 bits per heavy atom. The molecular weight excluding hydrogens is 158 g/mol. The van der Waals surface area contributed by atoms with E-state index in [-0.39, 0.29) is 5.69 Å². The summed E-state index contributed by atoms with van der Waals surface area (Å²) in [6.45, 7) is 0. The van der Waals surface area contributed by atoms with E-state index in [4.69, 9.17) is 5.11 Å². The average Bonchev–Trinajstić information content (AvgIpc) is 2.75. The highest BCUT2D eigenvalue weighted by molar-refractivity contribution is 5.87. The van der Waals surface area contributed by atoms with Crippen molar-refractivity contribution in [1.29, 1.82) is 0 Å². The maximum atomic E-state index is 10.7. The smallest absolute Gasteiger partial charge is 0.356 e. The quantitative estimate of drug-likeness (QED) is 0.691. The van der Waals surface area contributed by atoms with Gasteiger partial charge in [0, 0.05) is 13.0 Å². The molecule has 5 nitrogen and oxygen atoms in total. The van der Waals surface area contributed by atoms with Crippen LogP contribution in [-0.2, 0) is 7.05 Å². The number of carboxylic acids is 1. The van der Waals surface area contributed by atoms with Crippen molar-refractivity contribution in [2.24, 2.45) is 7.05 Å². The molecule has 1 heterocycles. The van der Waals surface area contributed by atoms with Gasteiger partial charge in [-0.3, -0.25) is 0 Å². The van der Waals surface area contributed by atoms with Crippen molar-refractivity contribution < 1.29 is 9.90 Å². The molecule has 0 aliphatic heterocycles. The molecule has 0 spiro atoms. The van der Waals surface area contributed by atoms with Crippen LogP contribution in [-0.4, -0.2) is 26.1 Å². The number of aromatic nitrogens is 3. The molecule has 0 radical (unpaired) electrons. The van der Waals surface area contributed by atoms with Gasteiger partial charge in [0.1, 0.15) is 5.69 Å². The number of carboxylic acid groups (broad SMARTS) is 1. The fraction of sp³-hybridized carbons (Fsp3) is 0.571. The van der Waals surface area contributed by atoms with Crippen LogP contribution < -0.4 is 0 Å². The van der Waals surface area contributed by atoms with E-state index in [2.05, 4.69) is 10.3 Å². The maximum absolute atomic E-state index is 10.7. The van der Waals surface area contributed by atoms with Gasteiger partial charge in [-0.2, -0.15) is 0 Å². The summed E-state index contributed by atoms with van der Waals surface area (Å²) in [4.78, 5) is 10.7. The van der Waals surface area contributed by atoms with Crippen LogP contribution in [0, 0.1) is 0 Å². The third-order valence-corrected chi connectivity index (χ3v) is 2.02. The monoisotopic (exact) mass is 167 g/mol. The lowest BCUT2D eigenvalue weighted by molar-refractivity contribution is 0.0683. The Kier molecular flexibility index (Phi) is 1.39. The number of aromatic carboxylic acids is 1. The van der Waals surface area contributed by atoms with E-state index in [0.717, 1.165) is 12.8 Å². The molecule has 64 valence electrons. The lowest BCUT2D eigenvalue weighted by atomic mass is 10.2. The second kappa shape index (κ2) is 2.30. The Hall–Kier alpha value is -1.39. The molecule has 1 aliphatic carbocycles. The number of carbonyl (C=O) groups is 1. The molecule has 0 aromatic carbocycles. The standard InChI is InChI=1S/C7H9N3O2/c1-10-6(7(11)12)5(8-9-10)4-2-3-4/h4H,2-3H2,1H3,(H,11,12). The minimum Gasteiger partial charge on any atom is -0.476 e. The van der Waals surface area contributed by atoms with Crippen LogP contribution >= 0.6 is 0 Å². The van der Waals surface area contributed by atoms with E-state index in [1.165, 1.54) is 4.68 Å². The van der Waals surface area contributed by atoms with Crippen molar-refractivity contribution in [1.82, 2.24) is 15.0 Å². The Bertz CT molecular complexity index is 327. The Morgan fingerprint density at radius 2 is 2.33 bits per heavy atom. The predicted octanol–water partition coefficient (Wildman–Crippen LogP) is 0.391. The Labute approximate surface area is 69.0 Å². The highest BCUT2D eigenvalue weighted by Crippen LogP contribution is 2.40. The van der Waals surface area contributed by atoms with Gasteiger partial charge in [0.15, 0.2) is 5.69 Å². The zero-order valence-electron chi connectivity index (χ0n) is 6.69. The molecule has 1 saturated carbocycles. The van der Waals surface area contributed by atoms with E-state index in [1.807, 2.05) is 0 Å². The summed E-state index contributed by atoms with van der Waals surface area (Å²) in [5.41, 5.74) is 0.877. The lowest BCUT2D eigenvalue weighted by Gasteiger charge is -1.95. The first-order valence-electron chi connectivity index (χ1n) is 3.83. The summed E-state index contributed by atoms with van der Waals surface area (Å²) in [5.74, 6) is -0.603. The second-order valence-electron chi connectivity index (χ2n) is 3.03. The Morgan fingerprint density at radius 1 is 1.67 bits per heavy atom. The number of hydrogen-bond acceptors (Lipinski definition) is 3. The van der Waals surface area contributed by atoms with Crippen LogP contribution in [0.1, 0.15) is 34.9 Å². The van der Waals surface area contributed by atoms with E-state index >= 15 is 0 Å². The minimum absolute atomic E-state index is 0.234. The third kappa shape index (κ3) is 0.975. The summed E-state index contributed by atoms with van der Waals surface area (Å²) >= 11 is 0. The van der Waals surface area contributed by atoms with Gasteiger partial charge in [-0.1, -0.05) is 5.21 Å². The van der Waals surface area contributed by atoms with Crippen molar-refractivity contribution in [2.45, 2.75) is 18.8 Å². The van der Waals surface area contributed by atoms with E-state index in [1.54, 1.807) is 7.05 Å². The molecule has 1 fully saturated rings. The van der Waals surface area contributed by atoms with Crippen molar-refractivity contribution in [3.8, 4) is 0 Å². The van der Waals surface area contributed by atoms with Crippen LogP contribution in [0.15, 0.2) is 0 Å². The molecule has 0 atom stereocenters. The Balaban J connectivity index is 2.46. The first-order valence-corrected chi connectivity index (χ1v) is 3.83. The van der Waals surface area contributed by atoms with Crippen LogP contribution in [0.4, 0.5) is 0 Å². The first kappa shape index (κ1) is 7.27.